The van der Waals surface area contributed by atoms with E-state index in [1.165, 1.54) is 12.5 Å². The Kier molecular flexibility index (Phi) is 7.52. The maximum absolute atomic E-state index is 3.74. The van der Waals surface area contributed by atoms with E-state index in [0.717, 1.165) is 13.1 Å². The largest absolute Gasteiger partial charge is 0.322 e. The van der Waals surface area contributed by atoms with Crippen molar-refractivity contribution in [1.82, 2.24) is 4.57 Å². The summed E-state index contributed by atoms with van der Waals surface area (Å²) in [5, 5.41) is 0. The van der Waals surface area contributed by atoms with Gasteiger partial charge in [0.2, 0.25) is 0 Å². The van der Waals surface area contributed by atoms with Crippen LogP contribution in [0.25, 0.3) is 0 Å². The van der Waals surface area contributed by atoms with Crippen molar-refractivity contribution in [3.8, 4) is 0 Å². The van der Waals surface area contributed by atoms with Crippen molar-refractivity contribution in [1.29, 1.82) is 0 Å². The summed E-state index contributed by atoms with van der Waals surface area (Å²) in [6.07, 6.45) is 5.27. The molecule has 0 bridgehead atoms. The molecule has 0 aliphatic rings. The molecule has 0 heterocycles. The molecular weight excluding hydrogens is 150 g/mol. The molecule has 0 atom stereocenters. The fourth-order valence-electron chi connectivity index (χ4n) is 1.00. The smallest absolute Gasteiger partial charge is 0.0958 e. The molecule has 0 aliphatic heterocycles. The van der Waals surface area contributed by atoms with Crippen molar-refractivity contribution < 1.29 is 0 Å². The maximum Gasteiger partial charge on any atom is 0.0958 e. The fourth-order valence-corrected chi connectivity index (χ4v) is 2.50. The predicted octanol–water partition coefficient (Wildman–Crippen LogP) is 1.57. The van der Waals surface area contributed by atoms with E-state index < -0.39 is 0 Å². The summed E-state index contributed by atoms with van der Waals surface area (Å²) in [4.78, 5) is 0. The first-order chi connectivity index (χ1) is 5.35. The van der Waals surface area contributed by atoms with E-state index in [1.807, 2.05) is 12.2 Å². The Morgan fingerprint density at radius 2 is 1.82 bits per heavy atom. The Bertz CT molecular complexity index is 102. The average Bonchev–Trinajstić information content (AvgIpc) is 2.01. The van der Waals surface area contributed by atoms with E-state index >= 15 is 0 Å². The minimum atomic E-state index is -0.00588. The van der Waals surface area contributed by atoms with Crippen LogP contribution in [-0.2, 0) is 0 Å². The number of nitrogens with zero attached hydrogens (tertiary/aromatic N) is 1. The van der Waals surface area contributed by atoms with Crippen LogP contribution in [0.15, 0.2) is 25.3 Å². The average molecular weight is 169 g/mol. The van der Waals surface area contributed by atoms with Gasteiger partial charge in [-0.3, -0.25) is 0 Å². The first kappa shape index (κ1) is 10.7. The molecule has 0 N–H and O–H groups in total. The van der Waals surface area contributed by atoms with Gasteiger partial charge >= 0.3 is 0 Å². The Labute approximate surface area is 72.7 Å². The molecular formula is C9H19NSi. The molecule has 0 aliphatic carbocycles. The summed E-state index contributed by atoms with van der Waals surface area (Å²) in [5.41, 5.74) is 0. The number of rotatable bonds is 7. The minimum Gasteiger partial charge on any atom is -0.322 e. The fraction of sp³-hybridized carbons (Fsp3) is 0.556. The van der Waals surface area contributed by atoms with Gasteiger partial charge in [-0.05, 0) is 0 Å². The zero-order chi connectivity index (χ0) is 8.53. The van der Waals surface area contributed by atoms with Gasteiger partial charge in [0, 0.05) is 13.1 Å². The molecule has 0 saturated heterocycles. The molecule has 2 heteroatoms. The van der Waals surface area contributed by atoms with Crippen molar-refractivity contribution in [2.45, 2.75) is 19.4 Å². The molecule has 64 valence electrons. The zero-order valence-electron chi connectivity index (χ0n) is 7.55. The van der Waals surface area contributed by atoms with Crippen molar-refractivity contribution in [2.75, 3.05) is 13.1 Å². The van der Waals surface area contributed by atoms with Crippen molar-refractivity contribution in [2.24, 2.45) is 0 Å². The Morgan fingerprint density at radius 3 is 2.18 bits per heavy atom. The van der Waals surface area contributed by atoms with Crippen LogP contribution in [0, 0.1) is 0 Å². The molecule has 0 spiro atoms. The van der Waals surface area contributed by atoms with E-state index in [-0.39, 0.29) is 9.68 Å². The third kappa shape index (κ3) is 6.07. The van der Waals surface area contributed by atoms with Gasteiger partial charge in [0.1, 0.15) is 0 Å². The molecule has 11 heavy (non-hydrogen) atoms. The van der Waals surface area contributed by atoms with E-state index in [4.69, 9.17) is 0 Å². The molecule has 0 aromatic carbocycles. The van der Waals surface area contributed by atoms with Gasteiger partial charge in [-0.2, -0.15) is 0 Å². The summed E-state index contributed by atoms with van der Waals surface area (Å²) < 4.78 is 2.48. The van der Waals surface area contributed by atoms with Gasteiger partial charge in [-0.1, -0.05) is 31.5 Å². The van der Waals surface area contributed by atoms with E-state index in [9.17, 15) is 0 Å². The topological polar surface area (TPSA) is 3.24 Å². The zero-order valence-corrected chi connectivity index (χ0v) is 8.97. The summed E-state index contributed by atoms with van der Waals surface area (Å²) in [5.74, 6) is 0. The molecule has 0 amide bonds. The highest BCUT2D eigenvalue weighted by Crippen LogP contribution is 1.93. The highest BCUT2D eigenvalue weighted by molar-refractivity contribution is 6.31. The van der Waals surface area contributed by atoms with Gasteiger partial charge in [0.05, 0.1) is 9.68 Å². The van der Waals surface area contributed by atoms with Crippen LogP contribution < -0.4 is 0 Å². The van der Waals surface area contributed by atoms with Crippen molar-refractivity contribution in [3.63, 3.8) is 0 Å². The molecule has 0 aromatic rings. The quantitative estimate of drug-likeness (QED) is 0.413. The minimum absolute atomic E-state index is 0.00588. The van der Waals surface area contributed by atoms with E-state index in [2.05, 4.69) is 24.6 Å². The molecule has 0 saturated carbocycles. The van der Waals surface area contributed by atoms with Crippen molar-refractivity contribution in [3.05, 3.63) is 25.3 Å². The highest BCUT2D eigenvalue weighted by Gasteiger charge is 1.98. The molecule has 1 nitrogen and oxygen atoms in total. The van der Waals surface area contributed by atoms with Crippen LogP contribution in [0.1, 0.15) is 13.3 Å². The van der Waals surface area contributed by atoms with Crippen molar-refractivity contribution >= 4 is 9.68 Å². The molecule has 0 radical (unpaired) electrons. The van der Waals surface area contributed by atoms with Crippen LogP contribution in [0.3, 0.4) is 0 Å². The third-order valence-electron chi connectivity index (χ3n) is 1.60. The van der Waals surface area contributed by atoms with Gasteiger partial charge in [0.25, 0.3) is 0 Å². The second-order valence-corrected chi connectivity index (χ2v) is 4.74. The van der Waals surface area contributed by atoms with Crippen LogP contribution in [0.2, 0.25) is 6.04 Å². The predicted molar refractivity (Wildman–Crippen MR) is 55.6 cm³/mol. The maximum atomic E-state index is 3.74. The lowest BCUT2D eigenvalue weighted by molar-refractivity contribution is 0.541. The summed E-state index contributed by atoms with van der Waals surface area (Å²) >= 11 is 0. The van der Waals surface area contributed by atoms with E-state index in [0.29, 0.717) is 0 Å². The Hall–Kier alpha value is -0.343. The molecule has 0 fully saturated rings. The Morgan fingerprint density at radius 1 is 1.27 bits per heavy atom. The second kappa shape index (κ2) is 7.76. The lowest BCUT2D eigenvalue weighted by atomic mass is 10.5. The van der Waals surface area contributed by atoms with Gasteiger partial charge in [-0.15, -0.1) is 13.2 Å². The van der Waals surface area contributed by atoms with Crippen LogP contribution in [0.4, 0.5) is 0 Å². The summed E-state index contributed by atoms with van der Waals surface area (Å²) in [6, 6.07) is 1.40. The standard InChI is InChI=1S/C9H19NSi/c1-4-7-10(8-5-2)11-9-6-3/h4-5H,1-2,6-9,11H2,3H3. The third-order valence-corrected chi connectivity index (χ3v) is 3.77. The van der Waals surface area contributed by atoms with E-state index in [1.54, 1.807) is 0 Å². The normalized spacial score (nSPS) is 11.1. The van der Waals surface area contributed by atoms with Gasteiger partial charge in [0.15, 0.2) is 0 Å². The lowest BCUT2D eigenvalue weighted by Gasteiger charge is -2.17. The summed E-state index contributed by atoms with van der Waals surface area (Å²) in [6.45, 7) is 11.8. The molecule has 0 unspecified atom stereocenters. The van der Waals surface area contributed by atoms with Gasteiger partial charge in [-0.25, -0.2) is 0 Å². The van der Waals surface area contributed by atoms with Crippen LogP contribution in [0.5, 0.6) is 0 Å². The van der Waals surface area contributed by atoms with Crippen LogP contribution >= 0.6 is 0 Å². The van der Waals surface area contributed by atoms with Gasteiger partial charge < -0.3 is 4.57 Å². The lowest BCUT2D eigenvalue weighted by Crippen LogP contribution is -2.27. The molecule has 0 rings (SSSR count). The monoisotopic (exact) mass is 169 g/mol. The summed E-state index contributed by atoms with van der Waals surface area (Å²) in [7, 11) is -0.00588. The SMILES string of the molecule is C=CCN(CC=C)[SiH2]CCC. The Balaban J connectivity index is 3.49. The molecule has 0 aromatic heterocycles. The first-order valence-electron chi connectivity index (χ1n) is 4.29. The second-order valence-electron chi connectivity index (χ2n) is 2.69. The first-order valence-corrected chi connectivity index (χ1v) is 5.92. The number of hydrogen-bond donors (Lipinski definition) is 0. The number of hydrogen-bond acceptors (Lipinski definition) is 1. The highest BCUT2D eigenvalue weighted by atomic mass is 28.2. The van der Waals surface area contributed by atoms with Crippen LogP contribution in [-0.4, -0.2) is 27.3 Å².